The molecule has 3 aromatic rings. The van der Waals surface area contributed by atoms with Crippen LogP contribution in [0.2, 0.25) is 0 Å². The first kappa shape index (κ1) is 21.6. The zero-order chi connectivity index (χ0) is 22.5. The Labute approximate surface area is 188 Å². The standard InChI is InChI=1S/C25H28N4O3/c1-4-18-5-7-19(8-6-18)23-9-10-24(27-26-23)28-11-13-29(14-12-28)25(30)20-15-21(31-2)17-22(16-20)32-3/h5-10,15-17H,4,11-14H2,1-3H3. The number of anilines is 1. The Kier molecular flexibility index (Phi) is 6.54. The lowest BCUT2D eigenvalue weighted by Gasteiger charge is -2.35. The van der Waals surface area contributed by atoms with Crippen molar-refractivity contribution in [1.82, 2.24) is 15.1 Å². The van der Waals surface area contributed by atoms with Crippen molar-refractivity contribution in [3.63, 3.8) is 0 Å². The predicted octanol–water partition coefficient (Wildman–Crippen LogP) is 3.69. The molecule has 0 bridgehead atoms. The van der Waals surface area contributed by atoms with E-state index in [9.17, 15) is 4.79 Å². The van der Waals surface area contributed by atoms with Crippen LogP contribution in [0.1, 0.15) is 22.8 Å². The Balaban J connectivity index is 1.39. The number of aromatic nitrogens is 2. The van der Waals surface area contributed by atoms with Gasteiger partial charge in [0, 0.05) is 43.4 Å². The van der Waals surface area contributed by atoms with Gasteiger partial charge in [-0.2, -0.15) is 0 Å². The number of benzene rings is 2. The van der Waals surface area contributed by atoms with E-state index >= 15 is 0 Å². The fraction of sp³-hybridized carbons (Fsp3) is 0.320. The summed E-state index contributed by atoms with van der Waals surface area (Å²) in [5.41, 5.74) is 3.79. The van der Waals surface area contributed by atoms with Crippen LogP contribution in [0.5, 0.6) is 11.5 Å². The molecule has 0 radical (unpaired) electrons. The van der Waals surface area contributed by atoms with Crippen molar-refractivity contribution in [2.75, 3.05) is 45.3 Å². The number of aryl methyl sites for hydroxylation is 1. The van der Waals surface area contributed by atoms with Crippen molar-refractivity contribution in [2.24, 2.45) is 0 Å². The molecule has 1 amide bonds. The maximum Gasteiger partial charge on any atom is 0.254 e. The van der Waals surface area contributed by atoms with Crippen LogP contribution in [-0.4, -0.2) is 61.4 Å². The molecule has 2 aromatic carbocycles. The fourth-order valence-corrected chi connectivity index (χ4v) is 3.81. The number of nitrogens with zero attached hydrogens (tertiary/aromatic N) is 4. The van der Waals surface area contributed by atoms with Gasteiger partial charge in [-0.25, -0.2) is 0 Å². The molecule has 2 heterocycles. The van der Waals surface area contributed by atoms with Crippen molar-refractivity contribution in [1.29, 1.82) is 0 Å². The van der Waals surface area contributed by atoms with E-state index in [2.05, 4.69) is 46.3 Å². The third-order valence-corrected chi connectivity index (χ3v) is 5.80. The normalized spacial score (nSPS) is 13.7. The Morgan fingerprint density at radius 3 is 2.06 bits per heavy atom. The highest BCUT2D eigenvalue weighted by atomic mass is 16.5. The summed E-state index contributed by atoms with van der Waals surface area (Å²) in [7, 11) is 3.16. The van der Waals surface area contributed by atoms with Crippen LogP contribution in [0.25, 0.3) is 11.3 Å². The summed E-state index contributed by atoms with van der Waals surface area (Å²) in [5, 5.41) is 8.85. The first-order chi connectivity index (χ1) is 15.6. The number of ether oxygens (including phenoxy) is 2. The van der Waals surface area contributed by atoms with Gasteiger partial charge in [0.1, 0.15) is 11.5 Å². The van der Waals surface area contributed by atoms with Gasteiger partial charge in [0.2, 0.25) is 0 Å². The SMILES string of the molecule is CCc1ccc(-c2ccc(N3CCN(C(=O)c4cc(OC)cc(OC)c4)CC3)nn2)cc1. The molecule has 0 aliphatic carbocycles. The molecule has 0 saturated carbocycles. The largest absolute Gasteiger partial charge is 0.497 e. The maximum absolute atomic E-state index is 13.0. The number of carbonyl (C=O) groups is 1. The average molecular weight is 433 g/mol. The molecule has 32 heavy (non-hydrogen) atoms. The predicted molar refractivity (Wildman–Crippen MR) is 125 cm³/mol. The van der Waals surface area contributed by atoms with Crippen molar-refractivity contribution in [3.05, 3.63) is 65.7 Å². The van der Waals surface area contributed by atoms with E-state index in [-0.39, 0.29) is 5.91 Å². The summed E-state index contributed by atoms with van der Waals surface area (Å²) in [6.07, 6.45) is 1.02. The highest BCUT2D eigenvalue weighted by Crippen LogP contribution is 2.25. The summed E-state index contributed by atoms with van der Waals surface area (Å²) in [5.74, 6) is 2.00. The van der Waals surface area contributed by atoms with E-state index in [4.69, 9.17) is 9.47 Å². The number of hydrogen-bond donors (Lipinski definition) is 0. The van der Waals surface area contributed by atoms with Gasteiger partial charge in [0.25, 0.3) is 5.91 Å². The first-order valence-electron chi connectivity index (χ1n) is 10.8. The van der Waals surface area contributed by atoms with E-state index in [0.29, 0.717) is 43.2 Å². The number of amides is 1. The van der Waals surface area contributed by atoms with Gasteiger partial charge in [-0.05, 0) is 36.2 Å². The van der Waals surface area contributed by atoms with E-state index in [0.717, 1.165) is 23.5 Å². The van der Waals surface area contributed by atoms with Crippen LogP contribution >= 0.6 is 0 Å². The molecular formula is C25H28N4O3. The Hall–Kier alpha value is -3.61. The van der Waals surface area contributed by atoms with Crippen molar-refractivity contribution in [3.8, 4) is 22.8 Å². The second-order valence-corrected chi connectivity index (χ2v) is 7.71. The summed E-state index contributed by atoms with van der Waals surface area (Å²) < 4.78 is 10.6. The topological polar surface area (TPSA) is 67.8 Å². The molecule has 1 aliphatic heterocycles. The molecule has 0 N–H and O–H groups in total. The smallest absolute Gasteiger partial charge is 0.254 e. The molecule has 1 saturated heterocycles. The van der Waals surface area contributed by atoms with Gasteiger partial charge in [-0.1, -0.05) is 31.2 Å². The summed E-state index contributed by atoms with van der Waals surface area (Å²) in [4.78, 5) is 17.0. The third kappa shape index (κ3) is 4.66. The quantitative estimate of drug-likeness (QED) is 0.592. The zero-order valence-corrected chi connectivity index (χ0v) is 18.7. The first-order valence-corrected chi connectivity index (χ1v) is 10.8. The highest BCUT2D eigenvalue weighted by molar-refractivity contribution is 5.95. The van der Waals surface area contributed by atoms with Crippen molar-refractivity contribution in [2.45, 2.75) is 13.3 Å². The van der Waals surface area contributed by atoms with Crippen LogP contribution in [0.3, 0.4) is 0 Å². The van der Waals surface area contributed by atoms with Gasteiger partial charge < -0.3 is 19.3 Å². The summed E-state index contributed by atoms with van der Waals surface area (Å²) in [6.45, 7) is 4.77. The second-order valence-electron chi connectivity index (χ2n) is 7.71. The highest BCUT2D eigenvalue weighted by Gasteiger charge is 2.24. The Bertz CT molecular complexity index is 1040. The summed E-state index contributed by atoms with van der Waals surface area (Å²) in [6, 6.07) is 17.7. The van der Waals surface area contributed by atoms with Crippen LogP contribution in [0, 0.1) is 0 Å². The minimum absolute atomic E-state index is 0.0289. The van der Waals surface area contributed by atoms with Gasteiger partial charge in [-0.3, -0.25) is 4.79 Å². The van der Waals surface area contributed by atoms with Crippen LogP contribution in [0.15, 0.2) is 54.6 Å². The molecule has 4 rings (SSSR count). The molecule has 0 spiro atoms. The molecule has 166 valence electrons. The van der Waals surface area contributed by atoms with E-state index < -0.39 is 0 Å². The number of hydrogen-bond acceptors (Lipinski definition) is 6. The summed E-state index contributed by atoms with van der Waals surface area (Å²) >= 11 is 0. The zero-order valence-electron chi connectivity index (χ0n) is 18.7. The second kappa shape index (κ2) is 9.68. The van der Waals surface area contributed by atoms with E-state index in [1.165, 1.54) is 5.56 Å². The number of carbonyl (C=O) groups excluding carboxylic acids is 1. The monoisotopic (exact) mass is 432 g/mol. The van der Waals surface area contributed by atoms with Gasteiger partial charge in [0.15, 0.2) is 5.82 Å². The molecule has 0 atom stereocenters. The van der Waals surface area contributed by atoms with Crippen LogP contribution in [-0.2, 0) is 6.42 Å². The lowest BCUT2D eigenvalue weighted by molar-refractivity contribution is 0.0745. The molecule has 1 aromatic heterocycles. The fourth-order valence-electron chi connectivity index (χ4n) is 3.81. The van der Waals surface area contributed by atoms with E-state index in [1.54, 1.807) is 32.4 Å². The molecule has 1 aliphatic rings. The van der Waals surface area contributed by atoms with Gasteiger partial charge in [-0.15, -0.1) is 10.2 Å². The molecule has 1 fully saturated rings. The molecular weight excluding hydrogens is 404 g/mol. The van der Waals surface area contributed by atoms with Crippen molar-refractivity contribution < 1.29 is 14.3 Å². The number of rotatable bonds is 6. The lowest BCUT2D eigenvalue weighted by atomic mass is 10.1. The molecule has 0 unspecified atom stereocenters. The molecule has 7 heteroatoms. The van der Waals surface area contributed by atoms with Crippen LogP contribution < -0.4 is 14.4 Å². The number of piperazine rings is 1. The Morgan fingerprint density at radius 1 is 0.875 bits per heavy atom. The minimum Gasteiger partial charge on any atom is -0.497 e. The van der Waals surface area contributed by atoms with E-state index in [1.807, 2.05) is 17.0 Å². The Morgan fingerprint density at radius 2 is 1.53 bits per heavy atom. The lowest BCUT2D eigenvalue weighted by Crippen LogP contribution is -2.49. The van der Waals surface area contributed by atoms with Crippen LogP contribution in [0.4, 0.5) is 5.82 Å². The van der Waals surface area contributed by atoms with Gasteiger partial charge in [0.05, 0.1) is 19.9 Å². The average Bonchev–Trinajstić information content (AvgIpc) is 2.88. The van der Waals surface area contributed by atoms with Gasteiger partial charge >= 0.3 is 0 Å². The molecule has 7 nitrogen and oxygen atoms in total. The number of methoxy groups -OCH3 is 2. The third-order valence-electron chi connectivity index (χ3n) is 5.80. The maximum atomic E-state index is 13.0. The van der Waals surface area contributed by atoms with Crippen molar-refractivity contribution >= 4 is 11.7 Å². The minimum atomic E-state index is -0.0289.